The maximum absolute atomic E-state index is 12.3. The van der Waals surface area contributed by atoms with Crippen molar-refractivity contribution in [1.82, 2.24) is 4.98 Å². The van der Waals surface area contributed by atoms with E-state index in [0.29, 0.717) is 27.7 Å². The molecule has 6 heteroatoms. The lowest BCUT2D eigenvalue weighted by Crippen LogP contribution is -2.20. The van der Waals surface area contributed by atoms with Crippen molar-refractivity contribution in [2.75, 3.05) is 19.0 Å². The van der Waals surface area contributed by atoms with E-state index in [1.54, 1.807) is 31.5 Å². The minimum absolute atomic E-state index is 0.169. The van der Waals surface area contributed by atoms with E-state index >= 15 is 0 Å². The summed E-state index contributed by atoms with van der Waals surface area (Å²) in [5.41, 5.74) is 2.26. The number of benzene rings is 2. The Kier molecular flexibility index (Phi) is 5.94. The molecule has 3 rings (SSSR count). The number of carbonyl (C=O) groups excluding carboxylic acids is 1. The minimum Gasteiger partial charge on any atom is -0.493 e. The molecule has 0 atom stereocenters. The van der Waals surface area contributed by atoms with Gasteiger partial charge in [-0.25, -0.2) is 0 Å². The van der Waals surface area contributed by atoms with Gasteiger partial charge in [-0.1, -0.05) is 29.8 Å². The van der Waals surface area contributed by atoms with Crippen molar-refractivity contribution in [3.05, 3.63) is 71.9 Å². The topological polar surface area (TPSA) is 60.5 Å². The van der Waals surface area contributed by atoms with Gasteiger partial charge >= 0.3 is 0 Å². The number of fused-ring (bicyclic) bond motifs is 1. The Morgan fingerprint density at radius 3 is 2.89 bits per heavy atom. The first-order valence-corrected chi connectivity index (χ1v) is 8.73. The molecule has 0 aliphatic carbocycles. The van der Waals surface area contributed by atoms with Crippen LogP contribution in [0.3, 0.4) is 0 Å². The monoisotopic (exact) mass is 382 g/mol. The average molecular weight is 383 g/mol. The molecular weight excluding hydrogens is 364 g/mol. The number of amides is 1. The Balaban J connectivity index is 1.71. The molecule has 0 bridgehead atoms. The Labute approximate surface area is 162 Å². The summed E-state index contributed by atoms with van der Waals surface area (Å²) in [6.45, 7) is 3.55. The quantitative estimate of drug-likeness (QED) is 0.604. The van der Waals surface area contributed by atoms with Crippen LogP contribution in [0.1, 0.15) is 5.56 Å². The molecule has 2 aromatic carbocycles. The first-order chi connectivity index (χ1) is 13.1. The lowest BCUT2D eigenvalue weighted by atomic mass is 10.1. The molecule has 27 heavy (non-hydrogen) atoms. The van der Waals surface area contributed by atoms with Crippen molar-refractivity contribution in [1.29, 1.82) is 0 Å². The number of nitrogens with one attached hydrogen (secondary N) is 1. The highest BCUT2D eigenvalue weighted by molar-refractivity contribution is 6.32. The van der Waals surface area contributed by atoms with E-state index in [0.717, 1.165) is 17.4 Å². The first kappa shape index (κ1) is 18.7. The highest BCUT2D eigenvalue weighted by Gasteiger charge is 2.11. The summed E-state index contributed by atoms with van der Waals surface area (Å²) in [5, 5.41) is 4.17. The van der Waals surface area contributed by atoms with Crippen LogP contribution < -0.4 is 14.8 Å². The molecule has 0 fully saturated rings. The van der Waals surface area contributed by atoms with E-state index in [9.17, 15) is 4.79 Å². The van der Waals surface area contributed by atoms with Gasteiger partial charge < -0.3 is 14.8 Å². The Morgan fingerprint density at radius 2 is 2.11 bits per heavy atom. The SMILES string of the molecule is C=CCc1ccc(OCC(=O)Nc2cc(Cl)cc3cccnc23)c(OC)c1. The second kappa shape index (κ2) is 8.56. The lowest BCUT2D eigenvalue weighted by molar-refractivity contribution is -0.118. The fourth-order valence-corrected chi connectivity index (χ4v) is 2.93. The smallest absolute Gasteiger partial charge is 0.262 e. The van der Waals surface area contributed by atoms with Gasteiger partial charge in [0.15, 0.2) is 18.1 Å². The molecule has 0 unspecified atom stereocenters. The molecule has 1 aromatic heterocycles. The largest absolute Gasteiger partial charge is 0.493 e. The predicted octanol–water partition coefficient (Wildman–Crippen LogP) is 4.64. The van der Waals surface area contributed by atoms with Gasteiger partial charge in [0.05, 0.1) is 18.3 Å². The number of nitrogens with zero attached hydrogens (tertiary/aromatic N) is 1. The van der Waals surface area contributed by atoms with E-state index in [4.69, 9.17) is 21.1 Å². The number of pyridine rings is 1. The van der Waals surface area contributed by atoms with E-state index in [2.05, 4.69) is 16.9 Å². The summed E-state index contributed by atoms with van der Waals surface area (Å²) in [6.07, 6.45) is 4.20. The molecule has 1 heterocycles. The summed E-state index contributed by atoms with van der Waals surface area (Å²) in [5.74, 6) is 0.744. The van der Waals surface area contributed by atoms with Crippen LogP contribution in [0.25, 0.3) is 10.9 Å². The first-order valence-electron chi connectivity index (χ1n) is 8.35. The van der Waals surface area contributed by atoms with E-state index in [-0.39, 0.29) is 12.5 Å². The Bertz CT molecular complexity index is 988. The van der Waals surface area contributed by atoms with Gasteiger partial charge in [0, 0.05) is 16.6 Å². The second-order valence-electron chi connectivity index (χ2n) is 5.84. The molecule has 0 radical (unpaired) electrons. The zero-order valence-electron chi connectivity index (χ0n) is 14.9. The van der Waals surface area contributed by atoms with Crippen LogP contribution in [0.5, 0.6) is 11.5 Å². The fraction of sp³-hybridized carbons (Fsp3) is 0.143. The zero-order valence-corrected chi connectivity index (χ0v) is 15.6. The van der Waals surface area contributed by atoms with Crippen LogP contribution in [-0.4, -0.2) is 24.6 Å². The van der Waals surface area contributed by atoms with Crippen molar-refractivity contribution in [2.45, 2.75) is 6.42 Å². The summed E-state index contributed by atoms with van der Waals surface area (Å²) >= 11 is 6.13. The number of ether oxygens (including phenoxy) is 2. The molecule has 0 saturated carbocycles. The van der Waals surface area contributed by atoms with E-state index in [1.165, 1.54) is 0 Å². The third-order valence-corrected chi connectivity index (χ3v) is 4.13. The van der Waals surface area contributed by atoms with Crippen molar-refractivity contribution in [2.24, 2.45) is 0 Å². The molecular formula is C21H19ClN2O3. The van der Waals surface area contributed by atoms with Crippen LogP contribution in [0.2, 0.25) is 5.02 Å². The van der Waals surface area contributed by atoms with Gasteiger partial charge in [-0.05, 0) is 42.3 Å². The van der Waals surface area contributed by atoms with Crippen LogP contribution in [-0.2, 0) is 11.2 Å². The van der Waals surface area contributed by atoms with Crippen LogP contribution >= 0.6 is 11.6 Å². The third kappa shape index (κ3) is 4.57. The zero-order chi connectivity index (χ0) is 19.2. The fourth-order valence-electron chi connectivity index (χ4n) is 2.71. The number of hydrogen-bond donors (Lipinski definition) is 1. The van der Waals surface area contributed by atoms with Gasteiger partial charge in [0.2, 0.25) is 0 Å². The number of methoxy groups -OCH3 is 1. The van der Waals surface area contributed by atoms with Gasteiger partial charge in [-0.2, -0.15) is 0 Å². The van der Waals surface area contributed by atoms with Crippen LogP contribution in [0.4, 0.5) is 5.69 Å². The molecule has 3 aromatic rings. The van der Waals surface area contributed by atoms with Gasteiger partial charge in [0.25, 0.3) is 5.91 Å². The third-order valence-electron chi connectivity index (χ3n) is 3.91. The molecule has 0 aliphatic rings. The molecule has 1 N–H and O–H groups in total. The number of rotatable bonds is 7. The number of allylic oxidation sites excluding steroid dienone is 1. The average Bonchev–Trinajstić information content (AvgIpc) is 2.67. The summed E-state index contributed by atoms with van der Waals surface area (Å²) in [4.78, 5) is 16.7. The highest BCUT2D eigenvalue weighted by Crippen LogP contribution is 2.29. The molecule has 0 saturated heterocycles. The molecule has 0 aliphatic heterocycles. The van der Waals surface area contributed by atoms with Gasteiger partial charge in [0.1, 0.15) is 0 Å². The number of aromatic nitrogens is 1. The number of halogens is 1. The van der Waals surface area contributed by atoms with Crippen molar-refractivity contribution >= 4 is 34.1 Å². The maximum atomic E-state index is 12.3. The predicted molar refractivity (Wildman–Crippen MR) is 108 cm³/mol. The molecule has 5 nitrogen and oxygen atoms in total. The molecule has 0 spiro atoms. The van der Waals surface area contributed by atoms with Gasteiger partial charge in [-0.3, -0.25) is 9.78 Å². The molecule has 138 valence electrons. The normalized spacial score (nSPS) is 10.4. The van der Waals surface area contributed by atoms with Crippen molar-refractivity contribution in [3.8, 4) is 11.5 Å². The summed E-state index contributed by atoms with van der Waals surface area (Å²) < 4.78 is 11.0. The number of hydrogen-bond acceptors (Lipinski definition) is 4. The van der Waals surface area contributed by atoms with Crippen LogP contribution in [0, 0.1) is 0 Å². The molecule has 1 amide bonds. The van der Waals surface area contributed by atoms with Crippen LogP contribution in [0.15, 0.2) is 61.3 Å². The van der Waals surface area contributed by atoms with Crippen molar-refractivity contribution in [3.63, 3.8) is 0 Å². The minimum atomic E-state index is -0.318. The summed E-state index contributed by atoms with van der Waals surface area (Å²) in [7, 11) is 1.56. The number of carbonyl (C=O) groups is 1. The lowest BCUT2D eigenvalue weighted by Gasteiger charge is -2.13. The highest BCUT2D eigenvalue weighted by atomic mass is 35.5. The maximum Gasteiger partial charge on any atom is 0.262 e. The van der Waals surface area contributed by atoms with E-state index < -0.39 is 0 Å². The van der Waals surface area contributed by atoms with Gasteiger partial charge in [-0.15, -0.1) is 6.58 Å². The standard InChI is InChI=1S/C21H19ClN2O3/c1-3-5-14-7-8-18(19(10-14)26-2)27-13-20(25)24-17-12-16(22)11-15-6-4-9-23-21(15)17/h3-4,6-12H,1,5,13H2,2H3,(H,24,25). The van der Waals surface area contributed by atoms with Crippen molar-refractivity contribution < 1.29 is 14.3 Å². The summed E-state index contributed by atoms with van der Waals surface area (Å²) in [6, 6.07) is 12.7. The Hall–Kier alpha value is -3.05. The number of anilines is 1. The Morgan fingerprint density at radius 1 is 1.26 bits per heavy atom. The second-order valence-corrected chi connectivity index (χ2v) is 6.28. The van der Waals surface area contributed by atoms with E-state index in [1.807, 2.05) is 30.3 Å².